The van der Waals surface area contributed by atoms with Crippen LogP contribution in [0.3, 0.4) is 0 Å². The Balaban J connectivity index is 2.90. The number of likely N-dealkylation sites (N-methyl/N-ethyl adjacent to an activating group) is 1. The molecule has 5 heteroatoms. The highest BCUT2D eigenvalue weighted by Gasteiger charge is 2.30. The van der Waals surface area contributed by atoms with Crippen LogP contribution in [0.5, 0.6) is 5.75 Å². The van der Waals surface area contributed by atoms with Gasteiger partial charge in [0.15, 0.2) is 0 Å². The van der Waals surface area contributed by atoms with Crippen LogP contribution in [0.1, 0.15) is 19.4 Å². The van der Waals surface area contributed by atoms with Crippen molar-refractivity contribution in [3.63, 3.8) is 0 Å². The molecule has 0 aliphatic carbocycles. The van der Waals surface area contributed by atoms with Crippen molar-refractivity contribution >= 4 is 15.9 Å². The summed E-state index contributed by atoms with van der Waals surface area (Å²) in [5.74, 6) is 6.57. The molecule has 0 fully saturated rings. The molecule has 0 aliphatic rings. The zero-order chi connectivity index (χ0) is 14.6. The molecule has 0 amide bonds. The van der Waals surface area contributed by atoms with Crippen LogP contribution in [-0.4, -0.2) is 37.7 Å². The van der Waals surface area contributed by atoms with E-state index in [0.29, 0.717) is 0 Å². The van der Waals surface area contributed by atoms with Gasteiger partial charge in [-0.25, -0.2) is 0 Å². The van der Waals surface area contributed by atoms with Gasteiger partial charge < -0.3 is 9.64 Å². The van der Waals surface area contributed by atoms with Gasteiger partial charge in [0.1, 0.15) is 5.75 Å². The largest absolute Gasteiger partial charge is 0.496 e. The van der Waals surface area contributed by atoms with E-state index in [1.165, 1.54) is 5.56 Å². The molecule has 0 aromatic heterocycles. The highest BCUT2D eigenvalue weighted by molar-refractivity contribution is 9.10. The predicted molar refractivity (Wildman–Crippen MR) is 83.3 cm³/mol. The molecular formula is C14H24BrN3O. The molecule has 19 heavy (non-hydrogen) atoms. The first-order valence-electron chi connectivity index (χ1n) is 6.29. The maximum Gasteiger partial charge on any atom is 0.133 e. The standard InChI is InChI=1S/C14H24BrN3O/c1-14(2,18(3)4)13(17-16)9-10-6-7-12(19-5)11(15)8-10/h6-8,13,17H,9,16H2,1-5H3. The first-order valence-corrected chi connectivity index (χ1v) is 7.08. The van der Waals surface area contributed by atoms with Crippen molar-refractivity contribution in [2.45, 2.75) is 31.8 Å². The fraction of sp³-hybridized carbons (Fsp3) is 0.571. The van der Waals surface area contributed by atoms with Crippen molar-refractivity contribution in [2.75, 3.05) is 21.2 Å². The third-order valence-corrected chi connectivity index (χ3v) is 4.48. The number of nitrogens with zero attached hydrogens (tertiary/aromatic N) is 1. The molecule has 1 rings (SSSR count). The van der Waals surface area contributed by atoms with Crippen molar-refractivity contribution in [2.24, 2.45) is 5.84 Å². The van der Waals surface area contributed by atoms with Crippen LogP contribution >= 0.6 is 15.9 Å². The third kappa shape index (κ3) is 3.92. The van der Waals surface area contributed by atoms with Crippen molar-refractivity contribution in [3.8, 4) is 5.75 Å². The Labute approximate surface area is 124 Å². The van der Waals surface area contributed by atoms with Crippen molar-refractivity contribution in [1.29, 1.82) is 0 Å². The molecule has 0 saturated carbocycles. The van der Waals surface area contributed by atoms with E-state index in [-0.39, 0.29) is 11.6 Å². The molecule has 0 spiro atoms. The van der Waals surface area contributed by atoms with Gasteiger partial charge in [-0.05, 0) is 68.0 Å². The molecule has 0 bridgehead atoms. The number of ether oxygens (including phenoxy) is 1. The summed E-state index contributed by atoms with van der Waals surface area (Å²) in [6.07, 6.45) is 0.851. The predicted octanol–water partition coefficient (Wildman–Crippen LogP) is 2.17. The summed E-state index contributed by atoms with van der Waals surface area (Å²) >= 11 is 3.51. The minimum absolute atomic E-state index is 0.0405. The second kappa shape index (κ2) is 6.70. The summed E-state index contributed by atoms with van der Waals surface area (Å²) in [6.45, 7) is 4.35. The van der Waals surface area contributed by atoms with E-state index < -0.39 is 0 Å². The van der Waals surface area contributed by atoms with Crippen molar-refractivity contribution in [1.82, 2.24) is 10.3 Å². The molecule has 0 aliphatic heterocycles. The number of hydrazine groups is 1. The van der Waals surface area contributed by atoms with Crippen LogP contribution in [0.15, 0.2) is 22.7 Å². The highest BCUT2D eigenvalue weighted by Crippen LogP contribution is 2.27. The van der Waals surface area contributed by atoms with Crippen LogP contribution in [-0.2, 0) is 6.42 Å². The van der Waals surface area contributed by atoms with Gasteiger partial charge in [0.25, 0.3) is 0 Å². The summed E-state index contributed by atoms with van der Waals surface area (Å²) in [7, 11) is 5.79. The Bertz CT molecular complexity index is 421. The minimum Gasteiger partial charge on any atom is -0.496 e. The summed E-state index contributed by atoms with van der Waals surface area (Å²) in [6, 6.07) is 6.27. The Morgan fingerprint density at radius 1 is 1.42 bits per heavy atom. The van der Waals surface area contributed by atoms with Gasteiger partial charge in [0, 0.05) is 11.6 Å². The van der Waals surface area contributed by atoms with E-state index in [0.717, 1.165) is 16.6 Å². The molecule has 4 nitrogen and oxygen atoms in total. The molecule has 1 aromatic carbocycles. The Kier molecular flexibility index (Phi) is 5.80. The van der Waals surface area contributed by atoms with Gasteiger partial charge in [-0.15, -0.1) is 0 Å². The number of nitrogens with two attached hydrogens (primary N) is 1. The van der Waals surface area contributed by atoms with Gasteiger partial charge in [-0.1, -0.05) is 6.07 Å². The van der Waals surface area contributed by atoms with Gasteiger partial charge in [-0.3, -0.25) is 11.3 Å². The second-order valence-corrected chi connectivity index (χ2v) is 6.29. The van der Waals surface area contributed by atoms with E-state index in [9.17, 15) is 0 Å². The van der Waals surface area contributed by atoms with Gasteiger partial charge in [0.2, 0.25) is 0 Å². The quantitative estimate of drug-likeness (QED) is 0.620. The first-order chi connectivity index (χ1) is 8.82. The topological polar surface area (TPSA) is 50.5 Å². The van der Waals surface area contributed by atoms with Crippen molar-refractivity contribution < 1.29 is 4.74 Å². The summed E-state index contributed by atoms with van der Waals surface area (Å²) in [5.41, 5.74) is 4.10. The number of hydrogen-bond donors (Lipinski definition) is 2. The molecular weight excluding hydrogens is 306 g/mol. The van der Waals surface area contributed by atoms with Gasteiger partial charge in [-0.2, -0.15) is 0 Å². The molecule has 1 aromatic rings. The summed E-state index contributed by atoms with van der Waals surface area (Å²) in [5, 5.41) is 0. The molecule has 3 N–H and O–H groups in total. The lowest BCUT2D eigenvalue weighted by molar-refractivity contribution is 0.137. The average Bonchev–Trinajstić information content (AvgIpc) is 2.35. The number of halogens is 1. The SMILES string of the molecule is COc1ccc(CC(NN)C(C)(C)N(C)C)cc1Br. The molecule has 0 heterocycles. The summed E-state index contributed by atoms with van der Waals surface area (Å²) < 4.78 is 6.21. The van der Waals surface area contributed by atoms with E-state index in [2.05, 4.69) is 66.3 Å². The van der Waals surface area contributed by atoms with Crippen LogP contribution in [0.4, 0.5) is 0 Å². The smallest absolute Gasteiger partial charge is 0.133 e. The second-order valence-electron chi connectivity index (χ2n) is 5.44. The van der Waals surface area contributed by atoms with Crippen molar-refractivity contribution in [3.05, 3.63) is 28.2 Å². The fourth-order valence-electron chi connectivity index (χ4n) is 1.90. The van der Waals surface area contributed by atoms with Crippen LogP contribution < -0.4 is 16.0 Å². The highest BCUT2D eigenvalue weighted by atomic mass is 79.9. The van der Waals surface area contributed by atoms with Crippen LogP contribution in [0, 0.1) is 0 Å². The summed E-state index contributed by atoms with van der Waals surface area (Å²) in [4.78, 5) is 2.18. The number of nitrogens with one attached hydrogen (secondary N) is 1. The Hall–Kier alpha value is -0.620. The lowest BCUT2D eigenvalue weighted by atomic mass is 9.88. The van der Waals surface area contributed by atoms with Gasteiger partial charge in [0.05, 0.1) is 11.6 Å². The normalized spacial score (nSPS) is 13.7. The maximum absolute atomic E-state index is 5.73. The number of benzene rings is 1. The molecule has 108 valence electrons. The fourth-order valence-corrected chi connectivity index (χ4v) is 2.48. The number of hydrogen-bond acceptors (Lipinski definition) is 4. The van der Waals surface area contributed by atoms with E-state index in [1.54, 1.807) is 7.11 Å². The molecule has 1 unspecified atom stereocenters. The average molecular weight is 330 g/mol. The Morgan fingerprint density at radius 2 is 2.05 bits per heavy atom. The van der Waals surface area contributed by atoms with Crippen LogP contribution in [0.25, 0.3) is 0 Å². The molecule has 0 saturated heterocycles. The minimum atomic E-state index is -0.0405. The van der Waals surface area contributed by atoms with E-state index in [4.69, 9.17) is 10.6 Å². The van der Waals surface area contributed by atoms with Gasteiger partial charge >= 0.3 is 0 Å². The zero-order valence-electron chi connectivity index (χ0n) is 12.3. The first kappa shape index (κ1) is 16.4. The van der Waals surface area contributed by atoms with Crippen LogP contribution in [0.2, 0.25) is 0 Å². The lowest BCUT2D eigenvalue weighted by Gasteiger charge is -2.40. The van der Waals surface area contributed by atoms with E-state index >= 15 is 0 Å². The monoisotopic (exact) mass is 329 g/mol. The lowest BCUT2D eigenvalue weighted by Crippen LogP contribution is -2.58. The molecule has 1 atom stereocenters. The zero-order valence-corrected chi connectivity index (χ0v) is 13.9. The number of methoxy groups -OCH3 is 1. The van der Waals surface area contributed by atoms with E-state index in [1.807, 2.05) is 6.07 Å². The Morgan fingerprint density at radius 3 is 2.47 bits per heavy atom. The number of rotatable bonds is 6. The maximum atomic E-state index is 5.73. The molecule has 0 radical (unpaired) electrons. The third-order valence-electron chi connectivity index (χ3n) is 3.86.